The van der Waals surface area contributed by atoms with Crippen LogP contribution in [0.4, 0.5) is 22.7 Å². The SMILES string of the molecule is Nc1ccc(-c2ccc(Oc3cccc(-c4ccc(N)cc4)c3)cc2)cc1.Nc1ccc(-c2ccc(Oc3cccc(-c4ccc(N)cc4)c3)cc2)cc1.O. The summed E-state index contributed by atoms with van der Waals surface area (Å²) in [5.74, 6) is 3.18. The molecule has 0 spiro atoms. The van der Waals surface area contributed by atoms with Crippen LogP contribution in [0.1, 0.15) is 0 Å². The van der Waals surface area contributed by atoms with Crippen molar-refractivity contribution in [2.45, 2.75) is 0 Å². The molecule has 0 saturated carbocycles. The third-order valence-corrected chi connectivity index (χ3v) is 8.82. The van der Waals surface area contributed by atoms with Crippen molar-refractivity contribution in [1.29, 1.82) is 0 Å². The van der Waals surface area contributed by atoms with Crippen molar-refractivity contribution in [3.8, 4) is 67.5 Å². The molecule has 0 fully saturated rings. The van der Waals surface area contributed by atoms with Gasteiger partial charge in [-0.25, -0.2) is 0 Å². The van der Waals surface area contributed by atoms with Crippen LogP contribution in [0, 0.1) is 0 Å². The number of nitrogen functional groups attached to an aromatic ring is 4. The highest BCUT2D eigenvalue weighted by Gasteiger charge is 2.05. The molecule has 7 heteroatoms. The van der Waals surface area contributed by atoms with Crippen LogP contribution in [0.25, 0.3) is 44.5 Å². The van der Waals surface area contributed by atoms with E-state index in [0.29, 0.717) is 0 Å². The van der Waals surface area contributed by atoms with Crippen LogP contribution in [0.2, 0.25) is 0 Å². The highest BCUT2D eigenvalue weighted by molar-refractivity contribution is 5.70. The largest absolute Gasteiger partial charge is 0.457 e. The maximum absolute atomic E-state index is 6.03. The molecule has 8 aromatic rings. The van der Waals surface area contributed by atoms with Crippen LogP contribution in [0.3, 0.4) is 0 Å². The second kappa shape index (κ2) is 17.4. The summed E-state index contributed by atoms with van der Waals surface area (Å²) in [5.41, 5.74) is 35.0. The van der Waals surface area contributed by atoms with Crippen molar-refractivity contribution in [3.63, 3.8) is 0 Å². The Labute approximate surface area is 321 Å². The minimum Gasteiger partial charge on any atom is -0.457 e. The Kier molecular flexibility index (Phi) is 11.8. The molecular formula is C48H42N4O3. The van der Waals surface area contributed by atoms with Gasteiger partial charge >= 0.3 is 0 Å². The van der Waals surface area contributed by atoms with Gasteiger partial charge in [0.1, 0.15) is 23.0 Å². The number of ether oxygens (including phenoxy) is 2. The summed E-state index contributed by atoms with van der Waals surface area (Å²) in [4.78, 5) is 0. The highest BCUT2D eigenvalue weighted by atomic mass is 16.5. The molecule has 0 amide bonds. The Bertz CT molecular complexity index is 2250. The molecule has 272 valence electrons. The minimum absolute atomic E-state index is 0. The molecule has 10 N–H and O–H groups in total. The van der Waals surface area contributed by atoms with Gasteiger partial charge in [0.25, 0.3) is 0 Å². The van der Waals surface area contributed by atoms with Crippen LogP contribution in [-0.4, -0.2) is 5.48 Å². The van der Waals surface area contributed by atoms with E-state index in [1.54, 1.807) is 0 Å². The molecular weight excluding hydrogens is 681 g/mol. The van der Waals surface area contributed by atoms with E-state index in [1.165, 1.54) is 0 Å². The zero-order valence-electron chi connectivity index (χ0n) is 30.1. The van der Waals surface area contributed by atoms with E-state index in [4.69, 9.17) is 32.4 Å². The monoisotopic (exact) mass is 722 g/mol. The maximum Gasteiger partial charge on any atom is 0.128 e. The first kappa shape index (κ1) is 37.3. The zero-order chi connectivity index (χ0) is 37.3. The van der Waals surface area contributed by atoms with E-state index in [-0.39, 0.29) is 5.48 Å². The van der Waals surface area contributed by atoms with Gasteiger partial charge in [0, 0.05) is 22.7 Å². The fraction of sp³-hybridized carbons (Fsp3) is 0. The molecule has 0 radical (unpaired) electrons. The van der Waals surface area contributed by atoms with Crippen molar-refractivity contribution in [2.75, 3.05) is 22.9 Å². The molecule has 0 saturated heterocycles. The molecule has 0 aliphatic rings. The first-order valence-electron chi connectivity index (χ1n) is 17.5. The number of hydrogen-bond acceptors (Lipinski definition) is 6. The number of hydrogen-bond donors (Lipinski definition) is 4. The fourth-order valence-electron chi connectivity index (χ4n) is 5.88. The van der Waals surface area contributed by atoms with Crippen LogP contribution in [-0.2, 0) is 0 Å². The fourth-order valence-corrected chi connectivity index (χ4v) is 5.88. The quantitative estimate of drug-likeness (QED) is 0.114. The average Bonchev–Trinajstić information content (AvgIpc) is 3.20. The Morgan fingerprint density at radius 3 is 0.745 bits per heavy atom. The van der Waals surface area contributed by atoms with Gasteiger partial charge in [-0.05, 0) is 142 Å². The van der Waals surface area contributed by atoms with Gasteiger partial charge in [0.2, 0.25) is 0 Å². The number of rotatable bonds is 8. The van der Waals surface area contributed by atoms with Gasteiger partial charge in [-0.1, -0.05) is 97.1 Å². The van der Waals surface area contributed by atoms with Crippen LogP contribution < -0.4 is 32.4 Å². The lowest BCUT2D eigenvalue weighted by Crippen LogP contribution is -1.87. The molecule has 0 unspecified atom stereocenters. The molecule has 55 heavy (non-hydrogen) atoms. The number of nitrogens with two attached hydrogens (primary N) is 4. The van der Waals surface area contributed by atoms with E-state index in [0.717, 1.165) is 90.3 Å². The predicted octanol–water partition coefficient (Wildman–Crippen LogP) is 11.1. The van der Waals surface area contributed by atoms with Crippen LogP contribution in [0.15, 0.2) is 194 Å². The molecule has 0 bridgehead atoms. The molecule has 0 aliphatic heterocycles. The van der Waals surface area contributed by atoms with E-state index in [1.807, 2.05) is 182 Å². The lowest BCUT2D eigenvalue weighted by atomic mass is 10.0. The molecule has 0 aromatic heterocycles. The standard InChI is InChI=1S/2C24H20N2O.H2O/c2*25-21-10-4-17(5-11-21)18-8-14-23(15-9-18)27-24-3-1-2-20(16-24)19-6-12-22(26)13-7-19;/h2*1-16H,25-26H2;1H2. The Balaban J connectivity index is 0.000000184. The van der Waals surface area contributed by atoms with Gasteiger partial charge in [-0.15, -0.1) is 0 Å². The van der Waals surface area contributed by atoms with E-state index in [2.05, 4.69) is 12.1 Å². The summed E-state index contributed by atoms with van der Waals surface area (Å²) in [6.07, 6.45) is 0. The second-order valence-corrected chi connectivity index (χ2v) is 12.8. The lowest BCUT2D eigenvalue weighted by molar-refractivity contribution is 0.482. The Hall–Kier alpha value is -7.48. The summed E-state index contributed by atoms with van der Waals surface area (Å²) in [6, 6.07) is 63.5. The molecule has 7 nitrogen and oxygen atoms in total. The Morgan fingerprint density at radius 2 is 0.473 bits per heavy atom. The first-order valence-corrected chi connectivity index (χ1v) is 17.5. The van der Waals surface area contributed by atoms with Crippen LogP contribution >= 0.6 is 0 Å². The molecule has 8 rings (SSSR count). The van der Waals surface area contributed by atoms with Gasteiger partial charge in [0.15, 0.2) is 0 Å². The number of benzene rings is 8. The van der Waals surface area contributed by atoms with Gasteiger partial charge in [-0.3, -0.25) is 0 Å². The zero-order valence-corrected chi connectivity index (χ0v) is 30.1. The van der Waals surface area contributed by atoms with Gasteiger partial charge < -0.3 is 37.9 Å². The van der Waals surface area contributed by atoms with Crippen molar-refractivity contribution < 1.29 is 14.9 Å². The van der Waals surface area contributed by atoms with Crippen molar-refractivity contribution >= 4 is 22.7 Å². The van der Waals surface area contributed by atoms with Gasteiger partial charge in [-0.2, -0.15) is 0 Å². The third kappa shape index (κ3) is 9.90. The highest BCUT2D eigenvalue weighted by Crippen LogP contribution is 2.31. The van der Waals surface area contributed by atoms with E-state index in [9.17, 15) is 0 Å². The Morgan fingerprint density at radius 1 is 0.236 bits per heavy atom. The summed E-state index contributed by atoms with van der Waals surface area (Å²) in [5, 5.41) is 0. The second-order valence-electron chi connectivity index (χ2n) is 12.8. The van der Waals surface area contributed by atoms with E-state index < -0.39 is 0 Å². The van der Waals surface area contributed by atoms with Crippen LogP contribution in [0.5, 0.6) is 23.0 Å². The van der Waals surface area contributed by atoms with Crippen molar-refractivity contribution in [3.05, 3.63) is 194 Å². The maximum atomic E-state index is 6.03. The predicted molar refractivity (Wildman–Crippen MR) is 229 cm³/mol. The normalized spacial score (nSPS) is 10.3. The van der Waals surface area contributed by atoms with Gasteiger partial charge in [0.05, 0.1) is 0 Å². The number of anilines is 4. The summed E-state index contributed by atoms with van der Waals surface area (Å²) >= 11 is 0. The smallest absolute Gasteiger partial charge is 0.128 e. The van der Waals surface area contributed by atoms with Crippen molar-refractivity contribution in [1.82, 2.24) is 0 Å². The first-order chi connectivity index (χ1) is 26.3. The molecule has 8 aromatic carbocycles. The topological polar surface area (TPSA) is 154 Å². The lowest BCUT2D eigenvalue weighted by Gasteiger charge is -2.09. The minimum atomic E-state index is 0. The summed E-state index contributed by atoms with van der Waals surface area (Å²) < 4.78 is 12.1. The van der Waals surface area contributed by atoms with Crippen molar-refractivity contribution in [2.24, 2.45) is 0 Å². The molecule has 0 aliphatic carbocycles. The summed E-state index contributed by atoms with van der Waals surface area (Å²) in [7, 11) is 0. The third-order valence-electron chi connectivity index (χ3n) is 8.82. The molecule has 0 atom stereocenters. The van der Waals surface area contributed by atoms with E-state index >= 15 is 0 Å². The summed E-state index contributed by atoms with van der Waals surface area (Å²) in [6.45, 7) is 0. The molecule has 0 heterocycles. The average molecular weight is 723 g/mol.